The number of allylic oxidation sites excluding steroid dienone is 1. The number of hydrogen-bond acceptors (Lipinski definition) is 2. The van der Waals surface area contributed by atoms with E-state index in [1.165, 1.54) is 0 Å². The van der Waals surface area contributed by atoms with Gasteiger partial charge in [-0.05, 0) is 6.92 Å². The van der Waals surface area contributed by atoms with Gasteiger partial charge in [-0.15, -0.1) is 0 Å². The highest BCUT2D eigenvalue weighted by atomic mass is 16.5. The van der Waals surface area contributed by atoms with Crippen molar-refractivity contribution in [3.8, 4) is 0 Å². The fourth-order valence-corrected chi connectivity index (χ4v) is 0.718. The van der Waals surface area contributed by atoms with Crippen LogP contribution >= 0.6 is 0 Å². The third-order valence-electron chi connectivity index (χ3n) is 1.18. The van der Waals surface area contributed by atoms with Crippen LogP contribution in [-0.4, -0.2) is 23.9 Å². The molecule has 1 fully saturated rings. The smallest absolute Gasteiger partial charge is 0.129 e. The quantitative estimate of drug-likeness (QED) is 0.497. The zero-order valence-corrected chi connectivity index (χ0v) is 4.92. The van der Waals surface area contributed by atoms with Crippen LogP contribution in [0.3, 0.4) is 0 Å². The summed E-state index contributed by atoms with van der Waals surface area (Å²) in [6.07, 6.45) is 3.60. The Morgan fingerprint density at radius 3 is 2.38 bits per heavy atom. The first-order chi connectivity index (χ1) is 3.77. The van der Waals surface area contributed by atoms with Gasteiger partial charge >= 0.3 is 0 Å². The van der Waals surface area contributed by atoms with Crippen molar-refractivity contribution in [3.05, 3.63) is 12.2 Å². The summed E-state index contributed by atoms with van der Waals surface area (Å²) < 4.78 is 4.79. The minimum atomic E-state index is -0.630. The van der Waals surface area contributed by atoms with Crippen LogP contribution in [0.2, 0.25) is 0 Å². The molecule has 0 aromatic carbocycles. The molecule has 0 aliphatic carbocycles. The first-order valence-electron chi connectivity index (χ1n) is 2.71. The highest BCUT2D eigenvalue weighted by Gasteiger charge is 2.32. The molecule has 1 aliphatic rings. The van der Waals surface area contributed by atoms with Gasteiger partial charge in [0.25, 0.3) is 0 Å². The molecule has 0 aromatic heterocycles. The molecule has 2 heteroatoms. The molecule has 0 unspecified atom stereocenters. The van der Waals surface area contributed by atoms with Gasteiger partial charge in [0.1, 0.15) is 5.60 Å². The Morgan fingerprint density at radius 1 is 1.62 bits per heavy atom. The summed E-state index contributed by atoms with van der Waals surface area (Å²) in [6, 6.07) is 0. The Bertz CT molecular complexity index is 103. The van der Waals surface area contributed by atoms with E-state index < -0.39 is 5.60 Å². The molecule has 46 valence electrons. The van der Waals surface area contributed by atoms with Gasteiger partial charge in [-0.25, -0.2) is 0 Å². The van der Waals surface area contributed by atoms with Gasteiger partial charge in [0.05, 0.1) is 13.2 Å². The van der Waals surface area contributed by atoms with Crippen LogP contribution in [-0.2, 0) is 4.74 Å². The summed E-state index contributed by atoms with van der Waals surface area (Å²) in [7, 11) is 0. The van der Waals surface area contributed by atoms with Crippen LogP contribution in [0.5, 0.6) is 0 Å². The van der Waals surface area contributed by atoms with E-state index in [0.29, 0.717) is 13.2 Å². The minimum absolute atomic E-state index is 0.456. The maximum Gasteiger partial charge on any atom is 0.129 e. The average Bonchev–Trinajstić information content (AvgIpc) is 1.64. The monoisotopic (exact) mass is 114 g/mol. The van der Waals surface area contributed by atoms with E-state index in [1.54, 1.807) is 6.08 Å². The van der Waals surface area contributed by atoms with Crippen LogP contribution in [0, 0.1) is 0 Å². The summed E-state index contributed by atoms with van der Waals surface area (Å²) in [5.41, 5.74) is -0.630. The third-order valence-corrected chi connectivity index (χ3v) is 1.18. The maximum absolute atomic E-state index is 9.20. The Kier molecular flexibility index (Phi) is 1.36. The molecule has 0 radical (unpaired) electrons. The number of aliphatic hydroxyl groups is 1. The van der Waals surface area contributed by atoms with Crippen molar-refractivity contribution in [2.45, 2.75) is 12.5 Å². The van der Waals surface area contributed by atoms with Crippen LogP contribution < -0.4 is 0 Å². The lowest BCUT2D eigenvalue weighted by atomic mass is 10.0. The molecule has 2 nitrogen and oxygen atoms in total. The Morgan fingerprint density at radius 2 is 2.25 bits per heavy atom. The molecule has 0 spiro atoms. The largest absolute Gasteiger partial charge is 0.381 e. The molecule has 1 rings (SSSR count). The lowest BCUT2D eigenvalue weighted by molar-refractivity contribution is -0.147. The first kappa shape index (κ1) is 5.79. The standard InChI is InChI=1S/C6H10O2/c1-2-3-6(7)4-8-5-6/h2-3,7H,4-5H2,1H3. The second kappa shape index (κ2) is 1.88. The molecular formula is C6H10O2. The van der Waals surface area contributed by atoms with E-state index in [2.05, 4.69) is 0 Å². The van der Waals surface area contributed by atoms with Crippen molar-refractivity contribution in [2.75, 3.05) is 13.2 Å². The van der Waals surface area contributed by atoms with Crippen molar-refractivity contribution in [2.24, 2.45) is 0 Å². The summed E-state index contributed by atoms with van der Waals surface area (Å²) in [6.45, 7) is 2.80. The lowest BCUT2D eigenvalue weighted by Crippen LogP contribution is -2.47. The molecule has 1 N–H and O–H groups in total. The van der Waals surface area contributed by atoms with Crippen molar-refractivity contribution < 1.29 is 9.84 Å². The van der Waals surface area contributed by atoms with E-state index in [9.17, 15) is 5.11 Å². The van der Waals surface area contributed by atoms with Crippen molar-refractivity contribution in [3.63, 3.8) is 0 Å². The summed E-state index contributed by atoms with van der Waals surface area (Å²) in [4.78, 5) is 0. The number of hydrogen-bond donors (Lipinski definition) is 1. The molecular weight excluding hydrogens is 104 g/mol. The second-order valence-electron chi connectivity index (χ2n) is 2.10. The maximum atomic E-state index is 9.20. The Labute approximate surface area is 48.8 Å². The molecule has 0 amide bonds. The predicted molar refractivity (Wildman–Crippen MR) is 30.6 cm³/mol. The van der Waals surface area contributed by atoms with E-state index >= 15 is 0 Å². The molecule has 0 bridgehead atoms. The van der Waals surface area contributed by atoms with E-state index in [0.717, 1.165) is 0 Å². The SMILES string of the molecule is CC=CC1(O)COC1. The second-order valence-corrected chi connectivity index (χ2v) is 2.10. The van der Waals surface area contributed by atoms with E-state index in [-0.39, 0.29) is 0 Å². The van der Waals surface area contributed by atoms with Crippen molar-refractivity contribution in [1.82, 2.24) is 0 Å². The highest BCUT2D eigenvalue weighted by molar-refractivity contribution is 5.03. The average molecular weight is 114 g/mol. The van der Waals surface area contributed by atoms with Crippen molar-refractivity contribution in [1.29, 1.82) is 0 Å². The van der Waals surface area contributed by atoms with Crippen LogP contribution in [0.25, 0.3) is 0 Å². The van der Waals surface area contributed by atoms with Gasteiger partial charge < -0.3 is 9.84 Å². The van der Waals surface area contributed by atoms with E-state index in [4.69, 9.17) is 4.74 Å². The molecule has 0 saturated carbocycles. The lowest BCUT2D eigenvalue weighted by Gasteiger charge is -2.33. The molecule has 1 saturated heterocycles. The van der Waals surface area contributed by atoms with Crippen molar-refractivity contribution >= 4 is 0 Å². The van der Waals surface area contributed by atoms with Crippen LogP contribution in [0.4, 0.5) is 0 Å². The highest BCUT2D eigenvalue weighted by Crippen LogP contribution is 2.16. The van der Waals surface area contributed by atoms with Gasteiger partial charge in [-0.1, -0.05) is 12.2 Å². The number of ether oxygens (including phenoxy) is 1. The molecule has 0 atom stereocenters. The van der Waals surface area contributed by atoms with Gasteiger partial charge in [0.15, 0.2) is 0 Å². The first-order valence-corrected chi connectivity index (χ1v) is 2.71. The third kappa shape index (κ3) is 0.904. The summed E-state index contributed by atoms with van der Waals surface area (Å²) in [5, 5.41) is 9.20. The molecule has 0 aromatic rings. The summed E-state index contributed by atoms with van der Waals surface area (Å²) >= 11 is 0. The predicted octanol–water partition coefficient (Wildman–Crippen LogP) is 0.324. The van der Waals surface area contributed by atoms with Crippen LogP contribution in [0.15, 0.2) is 12.2 Å². The van der Waals surface area contributed by atoms with Gasteiger partial charge in [0, 0.05) is 0 Å². The van der Waals surface area contributed by atoms with Crippen LogP contribution in [0.1, 0.15) is 6.92 Å². The van der Waals surface area contributed by atoms with Gasteiger partial charge in [-0.2, -0.15) is 0 Å². The Hall–Kier alpha value is -0.340. The normalized spacial score (nSPS) is 25.8. The van der Waals surface area contributed by atoms with E-state index in [1.807, 2.05) is 13.0 Å². The summed E-state index contributed by atoms with van der Waals surface area (Å²) in [5.74, 6) is 0. The number of rotatable bonds is 1. The zero-order valence-electron chi connectivity index (χ0n) is 4.92. The fraction of sp³-hybridized carbons (Fsp3) is 0.667. The molecule has 1 heterocycles. The zero-order chi connectivity index (χ0) is 6.04. The minimum Gasteiger partial charge on any atom is -0.381 e. The molecule has 8 heavy (non-hydrogen) atoms. The van der Waals surface area contributed by atoms with Gasteiger partial charge in [-0.3, -0.25) is 0 Å². The molecule has 1 aliphatic heterocycles. The topological polar surface area (TPSA) is 29.5 Å². The Balaban J connectivity index is 2.41. The fourth-order valence-electron chi connectivity index (χ4n) is 0.718. The van der Waals surface area contributed by atoms with Gasteiger partial charge in [0.2, 0.25) is 0 Å².